The van der Waals surface area contributed by atoms with Crippen LogP contribution in [0.3, 0.4) is 0 Å². The second-order valence-electron chi connectivity index (χ2n) is 5.66. The first-order valence-corrected chi connectivity index (χ1v) is 8.14. The molecular formula is C21H15N3O2. The average Bonchev–Trinajstić information content (AvgIpc) is 3.39. The van der Waals surface area contributed by atoms with Crippen molar-refractivity contribution in [3.05, 3.63) is 96.6 Å². The Bertz CT molecular complexity index is 1030. The maximum atomic E-state index is 12.3. The second kappa shape index (κ2) is 7.03. The van der Waals surface area contributed by atoms with Gasteiger partial charge in [0.2, 0.25) is 0 Å². The van der Waals surface area contributed by atoms with Gasteiger partial charge in [0.25, 0.3) is 0 Å². The molecule has 0 aliphatic rings. The van der Waals surface area contributed by atoms with Crippen LogP contribution in [-0.4, -0.2) is 20.8 Å². The fourth-order valence-electron chi connectivity index (χ4n) is 2.64. The molecule has 4 rings (SSSR count). The summed E-state index contributed by atoms with van der Waals surface area (Å²) in [7, 11) is 0. The van der Waals surface area contributed by atoms with Crippen molar-refractivity contribution in [2.45, 2.75) is 0 Å². The van der Waals surface area contributed by atoms with Crippen molar-refractivity contribution in [3.8, 4) is 16.9 Å². The van der Waals surface area contributed by atoms with E-state index in [2.05, 4.69) is 10.3 Å². The molecule has 5 nitrogen and oxygen atoms in total. The van der Waals surface area contributed by atoms with Crippen LogP contribution in [0.1, 0.15) is 16.1 Å². The fraction of sp³-hybridized carbons (Fsp3) is 0. The zero-order valence-corrected chi connectivity index (χ0v) is 13.8. The van der Waals surface area contributed by atoms with Crippen LogP contribution in [0.25, 0.3) is 23.0 Å². The minimum Gasteiger partial charge on any atom is -0.465 e. The lowest BCUT2D eigenvalue weighted by Gasteiger charge is -2.06. The number of carbonyl (C=O) groups excluding carboxylic acids is 1. The van der Waals surface area contributed by atoms with Gasteiger partial charge in [-0.25, -0.2) is 4.68 Å². The van der Waals surface area contributed by atoms with Gasteiger partial charge in [-0.2, -0.15) is 0 Å². The molecule has 0 amide bonds. The summed E-state index contributed by atoms with van der Waals surface area (Å²) < 4.78 is 6.94. The van der Waals surface area contributed by atoms with Crippen LogP contribution in [0.2, 0.25) is 0 Å². The summed E-state index contributed by atoms with van der Waals surface area (Å²) in [6, 6.07) is 20.8. The highest BCUT2D eigenvalue weighted by Gasteiger charge is 2.09. The number of carbonyl (C=O) groups is 1. The lowest BCUT2D eigenvalue weighted by atomic mass is 10.1. The SMILES string of the molecule is O=C(/C=C\c1ccco1)c1ccc(-n2nncc2-c2ccccc2)cc1. The van der Waals surface area contributed by atoms with E-state index in [0.717, 1.165) is 16.9 Å². The van der Waals surface area contributed by atoms with E-state index >= 15 is 0 Å². The summed E-state index contributed by atoms with van der Waals surface area (Å²) >= 11 is 0. The van der Waals surface area contributed by atoms with Gasteiger partial charge < -0.3 is 4.42 Å². The minimum absolute atomic E-state index is 0.0881. The number of allylic oxidation sites excluding steroid dienone is 1. The van der Waals surface area contributed by atoms with E-state index in [-0.39, 0.29) is 5.78 Å². The first-order valence-electron chi connectivity index (χ1n) is 8.14. The molecule has 2 heterocycles. The van der Waals surface area contributed by atoms with Crippen LogP contribution < -0.4 is 0 Å². The molecule has 0 spiro atoms. The second-order valence-corrected chi connectivity index (χ2v) is 5.66. The molecule has 2 aromatic heterocycles. The van der Waals surface area contributed by atoms with Crippen molar-refractivity contribution in [2.75, 3.05) is 0 Å². The Morgan fingerprint density at radius 1 is 0.962 bits per heavy atom. The number of ketones is 1. The normalized spacial score (nSPS) is 11.1. The summed E-state index contributed by atoms with van der Waals surface area (Å²) in [6.45, 7) is 0. The predicted octanol–water partition coefficient (Wildman–Crippen LogP) is 4.42. The predicted molar refractivity (Wildman–Crippen MR) is 98.9 cm³/mol. The number of hydrogen-bond donors (Lipinski definition) is 0. The van der Waals surface area contributed by atoms with E-state index in [0.29, 0.717) is 11.3 Å². The highest BCUT2D eigenvalue weighted by Crippen LogP contribution is 2.21. The number of benzene rings is 2. The van der Waals surface area contributed by atoms with Crippen LogP contribution in [-0.2, 0) is 0 Å². The van der Waals surface area contributed by atoms with Crippen LogP contribution in [0.5, 0.6) is 0 Å². The molecule has 0 atom stereocenters. The zero-order chi connectivity index (χ0) is 17.8. The minimum atomic E-state index is -0.0881. The van der Waals surface area contributed by atoms with Crippen molar-refractivity contribution in [2.24, 2.45) is 0 Å². The third-order valence-corrected chi connectivity index (χ3v) is 3.96. The third-order valence-electron chi connectivity index (χ3n) is 3.96. The topological polar surface area (TPSA) is 60.9 Å². The van der Waals surface area contributed by atoms with Gasteiger partial charge >= 0.3 is 0 Å². The van der Waals surface area contributed by atoms with Gasteiger partial charge in [0.1, 0.15) is 5.76 Å². The first-order chi connectivity index (χ1) is 12.8. The summed E-state index contributed by atoms with van der Waals surface area (Å²) in [5.41, 5.74) is 3.35. The Kier molecular flexibility index (Phi) is 4.26. The number of hydrogen-bond acceptors (Lipinski definition) is 4. The standard InChI is InChI=1S/C21H15N3O2/c25-21(13-12-19-7-4-14-26-19)17-8-10-18(11-9-17)24-20(15-22-23-24)16-5-2-1-3-6-16/h1-15H/b13-12-. The van der Waals surface area contributed by atoms with Gasteiger partial charge in [-0.1, -0.05) is 35.5 Å². The Hall–Kier alpha value is -3.73. The highest BCUT2D eigenvalue weighted by molar-refractivity contribution is 6.06. The van der Waals surface area contributed by atoms with Crippen LogP contribution >= 0.6 is 0 Å². The van der Waals surface area contributed by atoms with Gasteiger partial charge in [-0.3, -0.25) is 4.79 Å². The van der Waals surface area contributed by atoms with Gasteiger partial charge in [-0.05, 0) is 48.6 Å². The number of furan rings is 1. The molecule has 0 aliphatic carbocycles. The lowest BCUT2D eigenvalue weighted by molar-refractivity contribution is 0.104. The van der Waals surface area contributed by atoms with Crippen molar-refractivity contribution in [1.29, 1.82) is 0 Å². The number of nitrogens with zero attached hydrogens (tertiary/aromatic N) is 3. The van der Waals surface area contributed by atoms with E-state index in [1.807, 2.05) is 42.5 Å². The summed E-state index contributed by atoms with van der Waals surface area (Å²) in [5, 5.41) is 8.18. The molecule has 0 aliphatic heterocycles. The summed E-state index contributed by atoms with van der Waals surface area (Å²) in [5.74, 6) is 0.555. The maximum absolute atomic E-state index is 12.3. The van der Waals surface area contributed by atoms with E-state index in [1.165, 1.54) is 6.08 Å². The van der Waals surface area contributed by atoms with Crippen molar-refractivity contribution in [1.82, 2.24) is 15.0 Å². The zero-order valence-electron chi connectivity index (χ0n) is 13.8. The Balaban J connectivity index is 1.57. The molecule has 0 fully saturated rings. The highest BCUT2D eigenvalue weighted by atomic mass is 16.3. The van der Waals surface area contributed by atoms with Crippen molar-refractivity contribution >= 4 is 11.9 Å². The van der Waals surface area contributed by atoms with Crippen LogP contribution in [0, 0.1) is 0 Å². The smallest absolute Gasteiger partial charge is 0.185 e. The molecule has 0 N–H and O–H groups in total. The largest absolute Gasteiger partial charge is 0.465 e. The molecule has 26 heavy (non-hydrogen) atoms. The molecule has 0 bridgehead atoms. The Morgan fingerprint density at radius 2 is 1.77 bits per heavy atom. The number of aromatic nitrogens is 3. The number of rotatable bonds is 5. The molecular weight excluding hydrogens is 326 g/mol. The van der Waals surface area contributed by atoms with E-state index in [4.69, 9.17) is 4.42 Å². The van der Waals surface area contributed by atoms with E-state index in [1.54, 1.807) is 47.5 Å². The maximum Gasteiger partial charge on any atom is 0.185 e. The molecule has 4 aromatic rings. The Labute approximate surface area is 150 Å². The molecule has 0 unspecified atom stereocenters. The van der Waals surface area contributed by atoms with Crippen molar-refractivity contribution in [3.63, 3.8) is 0 Å². The molecule has 5 heteroatoms. The molecule has 126 valence electrons. The first kappa shape index (κ1) is 15.8. The summed E-state index contributed by atoms with van der Waals surface area (Å²) in [4.78, 5) is 12.3. The van der Waals surface area contributed by atoms with E-state index < -0.39 is 0 Å². The molecule has 0 saturated carbocycles. The van der Waals surface area contributed by atoms with E-state index in [9.17, 15) is 4.79 Å². The molecule has 0 saturated heterocycles. The van der Waals surface area contributed by atoms with Crippen LogP contribution in [0.4, 0.5) is 0 Å². The molecule has 0 radical (unpaired) electrons. The third kappa shape index (κ3) is 3.23. The van der Waals surface area contributed by atoms with Gasteiger partial charge in [0, 0.05) is 11.1 Å². The van der Waals surface area contributed by atoms with Gasteiger partial charge in [-0.15, -0.1) is 5.10 Å². The van der Waals surface area contributed by atoms with Crippen LogP contribution in [0.15, 0.2) is 89.7 Å². The summed E-state index contributed by atoms with van der Waals surface area (Å²) in [6.07, 6.45) is 6.45. The van der Waals surface area contributed by atoms with Crippen molar-refractivity contribution < 1.29 is 9.21 Å². The quantitative estimate of drug-likeness (QED) is 0.398. The monoisotopic (exact) mass is 341 g/mol. The molecule has 2 aromatic carbocycles. The fourth-order valence-corrected chi connectivity index (χ4v) is 2.64. The average molecular weight is 341 g/mol. The van der Waals surface area contributed by atoms with Gasteiger partial charge in [0.05, 0.1) is 23.8 Å². The van der Waals surface area contributed by atoms with Gasteiger partial charge in [0.15, 0.2) is 5.78 Å². The lowest BCUT2D eigenvalue weighted by Crippen LogP contribution is -2.01. The Morgan fingerprint density at radius 3 is 2.50 bits per heavy atom.